The van der Waals surface area contributed by atoms with E-state index in [2.05, 4.69) is 11.0 Å². The normalized spacial score (nSPS) is 19.0. The predicted octanol–water partition coefficient (Wildman–Crippen LogP) is 3.93. The van der Waals surface area contributed by atoms with Crippen molar-refractivity contribution in [2.45, 2.75) is 51.7 Å². The monoisotopic (exact) mass is 381 g/mol. The first-order valence-electron chi connectivity index (χ1n) is 10.1. The van der Waals surface area contributed by atoms with Gasteiger partial charge in [0, 0.05) is 18.5 Å². The lowest BCUT2D eigenvalue weighted by molar-refractivity contribution is -0.0401. The summed E-state index contributed by atoms with van der Waals surface area (Å²) < 4.78 is 17.6. The molecule has 0 atom stereocenters. The Morgan fingerprint density at radius 2 is 2.07 bits per heavy atom. The Kier molecular flexibility index (Phi) is 5.38. The van der Waals surface area contributed by atoms with E-state index in [-0.39, 0.29) is 5.60 Å². The smallest absolute Gasteiger partial charge is 0.232 e. The Morgan fingerprint density at radius 3 is 2.79 bits per heavy atom. The highest BCUT2D eigenvalue weighted by molar-refractivity contribution is 5.65. The van der Waals surface area contributed by atoms with Crippen LogP contribution in [-0.4, -0.2) is 41.7 Å². The number of likely N-dealkylation sites (tertiary alicyclic amines) is 1. The molecule has 28 heavy (non-hydrogen) atoms. The van der Waals surface area contributed by atoms with Crippen LogP contribution >= 0.6 is 0 Å². The molecule has 0 unspecified atom stereocenters. The third kappa shape index (κ3) is 3.91. The number of ether oxygens (including phenoxy) is 2. The van der Waals surface area contributed by atoms with E-state index >= 15 is 0 Å². The number of pyridine rings is 1. The van der Waals surface area contributed by atoms with Gasteiger partial charge in [-0.15, -0.1) is 0 Å². The summed E-state index contributed by atoms with van der Waals surface area (Å²) in [5, 5.41) is 9.87. The van der Waals surface area contributed by atoms with Crippen molar-refractivity contribution in [3.05, 3.63) is 35.1 Å². The van der Waals surface area contributed by atoms with Crippen LogP contribution < -0.4 is 4.74 Å². The topological polar surface area (TPSA) is 71.5 Å². The van der Waals surface area contributed by atoms with Crippen molar-refractivity contribution in [3.8, 4) is 23.4 Å². The molecule has 6 heteroatoms. The first kappa shape index (κ1) is 19.0. The minimum absolute atomic E-state index is 0.328. The van der Waals surface area contributed by atoms with Crippen LogP contribution in [0.1, 0.15) is 49.8 Å². The van der Waals surface area contributed by atoms with Gasteiger partial charge in [-0.2, -0.15) is 5.26 Å². The first-order chi connectivity index (χ1) is 13.6. The van der Waals surface area contributed by atoms with Crippen molar-refractivity contribution >= 4 is 0 Å². The van der Waals surface area contributed by atoms with Gasteiger partial charge in [-0.3, -0.25) is 4.90 Å². The highest BCUT2D eigenvalue weighted by Crippen LogP contribution is 2.38. The standard InChI is InChI=1S/C22H27N3O3/c1-22(2)13-16-17(14-23)21(27-12-10-25-8-4-3-5-9-25)24-20(18(16)15-28-22)19-7-6-11-26-19/h6-7,11H,3-5,8-10,12-13,15H2,1-2H3. The molecular weight excluding hydrogens is 354 g/mol. The summed E-state index contributed by atoms with van der Waals surface area (Å²) in [6, 6.07) is 6.06. The number of nitrogens with zero attached hydrogens (tertiary/aromatic N) is 3. The molecule has 2 aliphatic heterocycles. The van der Waals surface area contributed by atoms with E-state index in [1.165, 1.54) is 19.3 Å². The number of piperidine rings is 1. The van der Waals surface area contributed by atoms with Gasteiger partial charge in [-0.25, -0.2) is 4.98 Å². The quantitative estimate of drug-likeness (QED) is 0.781. The lowest BCUT2D eigenvalue weighted by Crippen LogP contribution is -2.34. The average Bonchev–Trinajstić information content (AvgIpc) is 3.22. The van der Waals surface area contributed by atoms with E-state index < -0.39 is 0 Å². The van der Waals surface area contributed by atoms with Crippen molar-refractivity contribution in [1.82, 2.24) is 9.88 Å². The van der Waals surface area contributed by atoms with E-state index in [1.807, 2.05) is 26.0 Å². The Bertz CT molecular complexity index is 862. The Balaban J connectivity index is 1.65. The molecule has 2 aromatic rings. The van der Waals surface area contributed by atoms with E-state index in [4.69, 9.17) is 18.9 Å². The summed E-state index contributed by atoms with van der Waals surface area (Å²) in [7, 11) is 0. The third-order valence-electron chi connectivity index (χ3n) is 5.55. The van der Waals surface area contributed by atoms with Crippen molar-refractivity contribution in [1.29, 1.82) is 5.26 Å². The fourth-order valence-electron chi connectivity index (χ4n) is 4.03. The van der Waals surface area contributed by atoms with Gasteiger partial charge in [0.2, 0.25) is 5.88 Å². The molecule has 0 bridgehead atoms. The lowest BCUT2D eigenvalue weighted by atomic mass is 9.88. The number of fused-ring (bicyclic) bond motifs is 1. The van der Waals surface area contributed by atoms with Gasteiger partial charge in [0.05, 0.1) is 18.5 Å². The summed E-state index contributed by atoms with van der Waals surface area (Å²) in [6.45, 7) is 8.12. The molecular formula is C22H27N3O3. The minimum atomic E-state index is -0.328. The number of nitriles is 1. The van der Waals surface area contributed by atoms with Crippen LogP contribution in [0.2, 0.25) is 0 Å². The van der Waals surface area contributed by atoms with Gasteiger partial charge in [0.1, 0.15) is 23.9 Å². The lowest BCUT2D eigenvalue weighted by Gasteiger charge is -2.33. The Labute approximate surface area is 166 Å². The zero-order valence-corrected chi connectivity index (χ0v) is 16.7. The molecule has 0 N–H and O–H groups in total. The Morgan fingerprint density at radius 1 is 1.25 bits per heavy atom. The van der Waals surface area contributed by atoms with Crippen molar-refractivity contribution in [3.63, 3.8) is 0 Å². The van der Waals surface area contributed by atoms with E-state index in [1.54, 1.807) is 6.26 Å². The number of hydrogen-bond acceptors (Lipinski definition) is 6. The maximum atomic E-state index is 9.87. The number of rotatable bonds is 5. The minimum Gasteiger partial charge on any atom is -0.475 e. The maximum Gasteiger partial charge on any atom is 0.232 e. The van der Waals surface area contributed by atoms with Crippen LogP contribution in [-0.2, 0) is 17.8 Å². The largest absolute Gasteiger partial charge is 0.475 e. The fraction of sp³-hybridized carbons (Fsp3) is 0.545. The molecule has 0 aliphatic carbocycles. The summed E-state index contributed by atoms with van der Waals surface area (Å²) in [4.78, 5) is 7.11. The predicted molar refractivity (Wildman–Crippen MR) is 105 cm³/mol. The molecule has 148 valence electrons. The van der Waals surface area contributed by atoms with E-state index in [0.717, 1.165) is 30.8 Å². The van der Waals surface area contributed by atoms with E-state index in [9.17, 15) is 5.26 Å². The van der Waals surface area contributed by atoms with Gasteiger partial charge >= 0.3 is 0 Å². The maximum absolute atomic E-state index is 9.87. The van der Waals surface area contributed by atoms with Gasteiger partial charge in [-0.1, -0.05) is 6.42 Å². The van der Waals surface area contributed by atoms with Gasteiger partial charge in [0.15, 0.2) is 5.76 Å². The average molecular weight is 381 g/mol. The summed E-state index contributed by atoms with van der Waals surface area (Å²) in [6.07, 6.45) is 6.08. The van der Waals surface area contributed by atoms with Gasteiger partial charge < -0.3 is 13.9 Å². The molecule has 6 nitrogen and oxygen atoms in total. The Hall–Kier alpha value is -2.36. The van der Waals surface area contributed by atoms with Crippen LogP contribution in [0.25, 0.3) is 11.5 Å². The second-order valence-electron chi connectivity index (χ2n) is 8.16. The van der Waals surface area contributed by atoms with Crippen molar-refractivity contribution in [2.75, 3.05) is 26.2 Å². The zero-order valence-electron chi connectivity index (χ0n) is 16.7. The SMILES string of the molecule is CC1(C)Cc2c(C#N)c(OCCN3CCCCC3)nc(-c3ccco3)c2CO1. The molecule has 0 amide bonds. The van der Waals surface area contributed by atoms with Crippen LogP contribution in [0.15, 0.2) is 22.8 Å². The summed E-state index contributed by atoms with van der Waals surface area (Å²) in [5.41, 5.74) is 2.80. The highest BCUT2D eigenvalue weighted by Gasteiger charge is 2.33. The van der Waals surface area contributed by atoms with Crippen molar-refractivity contribution in [2.24, 2.45) is 0 Å². The van der Waals surface area contributed by atoms with Crippen LogP contribution in [0, 0.1) is 11.3 Å². The molecule has 1 fully saturated rings. The number of hydrogen-bond donors (Lipinski definition) is 0. The van der Waals surface area contributed by atoms with Gasteiger partial charge in [0.25, 0.3) is 0 Å². The molecule has 4 heterocycles. The molecule has 1 saturated heterocycles. The summed E-state index contributed by atoms with van der Waals surface area (Å²) in [5.74, 6) is 1.08. The van der Waals surface area contributed by atoms with Gasteiger partial charge in [-0.05, 0) is 57.5 Å². The zero-order chi connectivity index (χ0) is 19.6. The number of furan rings is 1. The first-order valence-corrected chi connectivity index (χ1v) is 10.1. The molecule has 2 aromatic heterocycles. The molecule has 0 saturated carbocycles. The number of aromatic nitrogens is 1. The van der Waals surface area contributed by atoms with Crippen LogP contribution in [0.5, 0.6) is 5.88 Å². The molecule has 0 aromatic carbocycles. The second-order valence-corrected chi connectivity index (χ2v) is 8.16. The molecule has 0 radical (unpaired) electrons. The fourth-order valence-corrected chi connectivity index (χ4v) is 4.03. The second kappa shape index (κ2) is 7.94. The molecule has 4 rings (SSSR count). The van der Waals surface area contributed by atoms with Crippen molar-refractivity contribution < 1.29 is 13.9 Å². The highest BCUT2D eigenvalue weighted by atomic mass is 16.5. The molecule has 0 spiro atoms. The third-order valence-corrected chi connectivity index (χ3v) is 5.55. The van der Waals surface area contributed by atoms with Crippen LogP contribution in [0.3, 0.4) is 0 Å². The summed E-state index contributed by atoms with van der Waals surface area (Å²) >= 11 is 0. The van der Waals surface area contributed by atoms with Crippen LogP contribution in [0.4, 0.5) is 0 Å². The molecule has 2 aliphatic rings. The van der Waals surface area contributed by atoms with E-state index in [0.29, 0.717) is 42.5 Å².